The summed E-state index contributed by atoms with van der Waals surface area (Å²) < 4.78 is 6.63. The fraction of sp³-hybridized carbons (Fsp3) is 0.0357. The normalized spacial score (nSPS) is 14.8. The molecule has 0 radical (unpaired) electrons. The number of rotatable bonds is 8. The van der Waals surface area contributed by atoms with E-state index in [2.05, 4.69) is 240 Å². The van der Waals surface area contributed by atoms with Gasteiger partial charge in [-0.05, 0) is 112 Å². The molecule has 0 aromatic heterocycles. The Labute approximate surface area is 345 Å². The van der Waals surface area contributed by atoms with Crippen molar-refractivity contribution in [2.24, 2.45) is 0 Å². The van der Waals surface area contributed by atoms with Crippen molar-refractivity contribution < 1.29 is 4.74 Å². The molecule has 0 N–H and O–H groups in total. The Hall–Kier alpha value is -7.62. The van der Waals surface area contributed by atoms with E-state index in [0.717, 1.165) is 51.0 Å². The fourth-order valence-electron chi connectivity index (χ4n) is 8.95. The van der Waals surface area contributed by atoms with Crippen molar-refractivity contribution in [2.45, 2.75) is 12.0 Å². The summed E-state index contributed by atoms with van der Waals surface area (Å²) in [6.45, 7) is 0. The predicted octanol–water partition coefficient (Wildman–Crippen LogP) is 15.0. The third kappa shape index (κ3) is 6.34. The van der Waals surface area contributed by atoms with Crippen LogP contribution < -0.4 is 14.5 Å². The molecule has 0 saturated carbocycles. The first kappa shape index (κ1) is 34.6. The number of para-hydroxylation sites is 2. The summed E-state index contributed by atoms with van der Waals surface area (Å²) in [7, 11) is 0. The quantitative estimate of drug-likeness (QED) is 0.154. The van der Waals surface area contributed by atoms with E-state index in [4.69, 9.17) is 4.74 Å². The Morgan fingerprint density at radius 2 is 0.932 bits per heavy atom. The molecule has 1 heterocycles. The Morgan fingerprint density at radius 1 is 0.373 bits per heavy atom. The van der Waals surface area contributed by atoms with Gasteiger partial charge < -0.3 is 14.5 Å². The summed E-state index contributed by atoms with van der Waals surface area (Å²) in [5, 5.41) is 2.38. The van der Waals surface area contributed by atoms with Crippen molar-refractivity contribution in [2.75, 3.05) is 9.80 Å². The molecule has 0 saturated heterocycles. The van der Waals surface area contributed by atoms with Crippen molar-refractivity contribution in [1.29, 1.82) is 0 Å². The summed E-state index contributed by atoms with van der Waals surface area (Å²) in [6, 6.07) is 78.4. The van der Waals surface area contributed by atoms with Crippen LogP contribution in [0.1, 0.15) is 22.6 Å². The van der Waals surface area contributed by atoms with Crippen molar-refractivity contribution in [3.8, 4) is 28.0 Å². The number of anilines is 6. The largest absolute Gasteiger partial charge is 0.485 e. The number of benzene rings is 9. The van der Waals surface area contributed by atoms with Gasteiger partial charge in [-0.1, -0.05) is 152 Å². The molecular formula is C56H40N2O. The molecule has 0 bridgehead atoms. The zero-order valence-corrected chi connectivity index (χ0v) is 32.4. The van der Waals surface area contributed by atoms with Crippen molar-refractivity contribution in [3.05, 3.63) is 241 Å². The van der Waals surface area contributed by atoms with Gasteiger partial charge in [0, 0.05) is 45.5 Å². The zero-order valence-electron chi connectivity index (χ0n) is 32.4. The summed E-state index contributed by atoms with van der Waals surface area (Å²) in [5.74, 6) is 1.15. The minimum Gasteiger partial charge on any atom is -0.485 e. The minimum absolute atomic E-state index is 0.00189. The Kier molecular flexibility index (Phi) is 8.63. The van der Waals surface area contributed by atoms with Gasteiger partial charge in [-0.15, -0.1) is 0 Å². The molecule has 2 unspecified atom stereocenters. The van der Waals surface area contributed by atoms with Crippen molar-refractivity contribution in [3.63, 3.8) is 0 Å². The second-order valence-corrected chi connectivity index (χ2v) is 15.3. The van der Waals surface area contributed by atoms with Crippen LogP contribution in [0.3, 0.4) is 0 Å². The lowest BCUT2D eigenvalue weighted by atomic mass is 9.82. The smallest absolute Gasteiger partial charge is 0.128 e. The van der Waals surface area contributed by atoms with Gasteiger partial charge in [0.25, 0.3) is 0 Å². The Bertz CT molecular complexity index is 2960. The maximum atomic E-state index is 6.63. The first-order valence-electron chi connectivity index (χ1n) is 20.3. The maximum absolute atomic E-state index is 6.63. The van der Waals surface area contributed by atoms with Crippen LogP contribution in [0.15, 0.2) is 224 Å². The van der Waals surface area contributed by atoms with Crippen LogP contribution in [0.4, 0.5) is 34.1 Å². The molecule has 280 valence electrons. The molecule has 11 rings (SSSR count). The Balaban J connectivity index is 0.950. The molecule has 2 atom stereocenters. The monoisotopic (exact) mass is 756 g/mol. The van der Waals surface area contributed by atoms with Gasteiger partial charge in [0.15, 0.2) is 0 Å². The molecule has 9 aromatic carbocycles. The molecule has 1 aliphatic heterocycles. The van der Waals surface area contributed by atoms with Crippen LogP contribution in [0.2, 0.25) is 0 Å². The molecule has 9 aromatic rings. The molecule has 59 heavy (non-hydrogen) atoms. The van der Waals surface area contributed by atoms with Crippen LogP contribution in [-0.4, -0.2) is 6.10 Å². The number of hydrogen-bond donors (Lipinski definition) is 0. The van der Waals surface area contributed by atoms with Crippen LogP contribution in [0.25, 0.3) is 39.1 Å². The van der Waals surface area contributed by atoms with E-state index >= 15 is 0 Å². The van der Waals surface area contributed by atoms with Crippen molar-refractivity contribution in [1.82, 2.24) is 0 Å². The molecule has 3 heteroatoms. The number of ether oxygens (including phenoxy) is 1. The number of nitrogens with zero attached hydrogens (tertiary/aromatic N) is 2. The average molecular weight is 757 g/mol. The topological polar surface area (TPSA) is 15.7 Å². The third-order valence-electron chi connectivity index (χ3n) is 11.8. The zero-order chi connectivity index (χ0) is 39.1. The molecule has 1 aliphatic carbocycles. The van der Waals surface area contributed by atoms with E-state index in [-0.39, 0.29) is 12.0 Å². The molecule has 3 nitrogen and oxygen atoms in total. The third-order valence-corrected chi connectivity index (χ3v) is 11.8. The molecule has 2 aliphatic rings. The van der Waals surface area contributed by atoms with E-state index in [9.17, 15) is 0 Å². The number of fused-ring (bicyclic) bond motifs is 6. The van der Waals surface area contributed by atoms with Crippen LogP contribution in [0, 0.1) is 0 Å². The maximum Gasteiger partial charge on any atom is 0.128 e. The summed E-state index contributed by atoms with van der Waals surface area (Å²) in [6.07, 6.45) is 4.40. The highest BCUT2D eigenvalue weighted by atomic mass is 16.5. The number of hydrogen-bond acceptors (Lipinski definition) is 3. The van der Waals surface area contributed by atoms with Gasteiger partial charge >= 0.3 is 0 Å². The highest BCUT2D eigenvalue weighted by molar-refractivity contribution is 6.01. The summed E-state index contributed by atoms with van der Waals surface area (Å²) in [5.41, 5.74) is 15.1. The van der Waals surface area contributed by atoms with E-state index in [1.165, 1.54) is 38.6 Å². The molecule has 0 amide bonds. The van der Waals surface area contributed by atoms with Gasteiger partial charge in [-0.25, -0.2) is 0 Å². The van der Waals surface area contributed by atoms with Crippen LogP contribution in [0.5, 0.6) is 5.75 Å². The van der Waals surface area contributed by atoms with E-state index in [1.807, 2.05) is 0 Å². The minimum atomic E-state index is 0.00189. The second kappa shape index (κ2) is 14.7. The average Bonchev–Trinajstić information content (AvgIpc) is 3.69. The van der Waals surface area contributed by atoms with Crippen LogP contribution >= 0.6 is 0 Å². The molecular weight excluding hydrogens is 717 g/mol. The SMILES string of the molecule is C1=CC2Oc3cc(N(c4ccccc4)c4ccc(-c5ccc6cccc(N(c7ccccc7)c7ccc(-c8ccccc8)cc7)c6c5)cc4)ccc3C2c2ccccc21. The first-order chi connectivity index (χ1) is 29.2. The highest BCUT2D eigenvalue weighted by Crippen LogP contribution is 2.49. The summed E-state index contributed by atoms with van der Waals surface area (Å²) in [4.78, 5) is 4.69. The predicted molar refractivity (Wildman–Crippen MR) is 246 cm³/mol. The fourth-order valence-corrected chi connectivity index (χ4v) is 8.95. The lowest BCUT2D eigenvalue weighted by Crippen LogP contribution is -2.20. The van der Waals surface area contributed by atoms with Crippen molar-refractivity contribution >= 4 is 51.0 Å². The van der Waals surface area contributed by atoms with Gasteiger partial charge in [0.1, 0.15) is 11.9 Å². The molecule has 0 fully saturated rings. The highest BCUT2D eigenvalue weighted by Gasteiger charge is 2.37. The second-order valence-electron chi connectivity index (χ2n) is 15.3. The Morgan fingerprint density at radius 3 is 1.66 bits per heavy atom. The van der Waals surface area contributed by atoms with Gasteiger partial charge in [0.05, 0.1) is 11.6 Å². The lowest BCUT2D eigenvalue weighted by Gasteiger charge is -2.27. The molecule has 0 spiro atoms. The standard InChI is InChI=1S/C56H40N2O/c1-4-13-39(14-5-1)40-25-32-48(33-26-40)58(46-19-8-3-9-20-46)53-22-12-16-43-23-24-44(37-52(43)53)41-27-30-47(31-28-41)57(45-17-6-2-7-18-45)49-34-35-51-55(38-49)59-54-36-29-42-15-10-11-21-50(42)56(51)54/h1-38,54,56H. The van der Waals surface area contributed by atoms with E-state index in [0.29, 0.717) is 0 Å². The first-order valence-corrected chi connectivity index (χ1v) is 20.3. The summed E-state index contributed by atoms with van der Waals surface area (Å²) >= 11 is 0. The van der Waals surface area contributed by atoms with Gasteiger partial charge in [0.2, 0.25) is 0 Å². The van der Waals surface area contributed by atoms with Crippen LogP contribution in [-0.2, 0) is 0 Å². The van der Waals surface area contributed by atoms with E-state index < -0.39 is 0 Å². The van der Waals surface area contributed by atoms with Gasteiger partial charge in [-0.3, -0.25) is 0 Å². The van der Waals surface area contributed by atoms with Gasteiger partial charge in [-0.2, -0.15) is 0 Å². The lowest BCUT2D eigenvalue weighted by molar-refractivity contribution is 0.267. The van der Waals surface area contributed by atoms with E-state index in [1.54, 1.807) is 0 Å².